The maximum Gasteiger partial charge on any atom is 0.338 e. The smallest absolute Gasteiger partial charge is 0.338 e. The second kappa shape index (κ2) is 6.36. The minimum absolute atomic E-state index is 0.0442. The molecule has 134 valence electrons. The third kappa shape index (κ3) is 2.90. The Morgan fingerprint density at radius 2 is 1.88 bits per heavy atom. The fourth-order valence-corrected chi connectivity index (χ4v) is 4.57. The second-order valence-corrected chi connectivity index (χ2v) is 7.51. The summed E-state index contributed by atoms with van der Waals surface area (Å²) in [6.45, 7) is 3.93. The highest BCUT2D eigenvalue weighted by Gasteiger charge is 2.45. The van der Waals surface area contributed by atoms with Gasteiger partial charge in [0.2, 0.25) is 0 Å². The van der Waals surface area contributed by atoms with Crippen molar-refractivity contribution in [2.24, 2.45) is 11.8 Å². The summed E-state index contributed by atoms with van der Waals surface area (Å²) in [6.07, 6.45) is 8.82. The van der Waals surface area contributed by atoms with Gasteiger partial charge in [0.05, 0.1) is 11.8 Å². The van der Waals surface area contributed by atoms with Crippen molar-refractivity contribution >= 4 is 11.9 Å². The first-order chi connectivity index (χ1) is 12.0. The maximum absolute atomic E-state index is 12.5. The van der Waals surface area contributed by atoms with Crippen molar-refractivity contribution in [2.75, 3.05) is 0 Å². The van der Waals surface area contributed by atoms with Gasteiger partial charge in [0.25, 0.3) is 6.29 Å². The van der Waals surface area contributed by atoms with E-state index in [0.717, 1.165) is 32.1 Å². The van der Waals surface area contributed by atoms with Crippen molar-refractivity contribution < 1.29 is 23.8 Å². The average molecular weight is 344 g/mol. The highest BCUT2D eigenvalue weighted by Crippen LogP contribution is 2.46. The highest BCUT2D eigenvalue weighted by molar-refractivity contribution is 5.92. The zero-order chi connectivity index (χ0) is 17.6. The van der Waals surface area contributed by atoms with E-state index in [9.17, 15) is 9.59 Å². The number of allylic oxidation sites excluding steroid dienone is 1. The van der Waals surface area contributed by atoms with Crippen LogP contribution in [-0.2, 0) is 23.8 Å². The molecular formula is C20H24O5. The van der Waals surface area contributed by atoms with Crippen LogP contribution in [-0.4, -0.2) is 24.3 Å². The molecule has 0 bridgehead atoms. The monoisotopic (exact) mass is 344 g/mol. The van der Waals surface area contributed by atoms with Crippen LogP contribution < -0.4 is 0 Å². The fourth-order valence-electron chi connectivity index (χ4n) is 4.57. The minimum atomic E-state index is -0.749. The van der Waals surface area contributed by atoms with Crippen molar-refractivity contribution in [3.05, 3.63) is 34.6 Å². The Labute approximate surface area is 147 Å². The van der Waals surface area contributed by atoms with E-state index in [4.69, 9.17) is 14.2 Å². The molecule has 4 unspecified atom stereocenters. The molecule has 4 rings (SSSR count). The third-order valence-electron chi connectivity index (χ3n) is 5.85. The minimum Gasteiger partial charge on any atom is -0.458 e. The second-order valence-electron chi connectivity index (χ2n) is 7.51. The van der Waals surface area contributed by atoms with Crippen molar-refractivity contribution in [1.29, 1.82) is 0 Å². The lowest BCUT2D eigenvalue weighted by atomic mass is 9.78. The molecule has 0 spiro atoms. The first-order valence-electron chi connectivity index (χ1n) is 9.22. The van der Waals surface area contributed by atoms with Gasteiger partial charge in [-0.05, 0) is 56.9 Å². The van der Waals surface area contributed by atoms with Gasteiger partial charge in [-0.2, -0.15) is 0 Å². The van der Waals surface area contributed by atoms with Crippen LogP contribution in [0.15, 0.2) is 34.6 Å². The summed E-state index contributed by atoms with van der Waals surface area (Å²) in [5.41, 5.74) is 3.96. The first kappa shape index (κ1) is 16.4. The predicted octanol–water partition coefficient (Wildman–Crippen LogP) is 3.56. The number of rotatable bonds is 2. The Hall–Kier alpha value is -2.04. The number of fused-ring (bicyclic) bond motifs is 2. The number of hydrogen-bond acceptors (Lipinski definition) is 5. The van der Waals surface area contributed by atoms with Gasteiger partial charge in [-0.1, -0.05) is 12.5 Å². The lowest BCUT2D eigenvalue weighted by Crippen LogP contribution is -2.25. The quantitative estimate of drug-likeness (QED) is 0.332. The number of hydrogen-bond donors (Lipinski definition) is 0. The van der Waals surface area contributed by atoms with Gasteiger partial charge < -0.3 is 14.2 Å². The Morgan fingerprint density at radius 3 is 2.60 bits per heavy atom. The molecule has 0 N–H and O–H groups in total. The molecular weight excluding hydrogens is 320 g/mol. The lowest BCUT2D eigenvalue weighted by Gasteiger charge is -2.29. The van der Waals surface area contributed by atoms with Gasteiger partial charge in [0.1, 0.15) is 6.10 Å². The van der Waals surface area contributed by atoms with Crippen LogP contribution in [0.4, 0.5) is 0 Å². The summed E-state index contributed by atoms with van der Waals surface area (Å²) in [7, 11) is 0. The summed E-state index contributed by atoms with van der Waals surface area (Å²) < 4.78 is 16.4. The van der Waals surface area contributed by atoms with Crippen LogP contribution in [0.2, 0.25) is 0 Å². The summed E-state index contributed by atoms with van der Waals surface area (Å²) in [5.74, 6) is -0.159. The molecule has 0 saturated carbocycles. The van der Waals surface area contributed by atoms with Gasteiger partial charge in [0.15, 0.2) is 0 Å². The summed E-state index contributed by atoms with van der Waals surface area (Å²) in [6, 6.07) is 0. The Balaban J connectivity index is 1.57. The molecule has 0 amide bonds. The normalized spacial score (nSPS) is 36.4. The van der Waals surface area contributed by atoms with Crippen LogP contribution in [0.25, 0.3) is 0 Å². The number of carbonyl (C=O) groups is 2. The topological polar surface area (TPSA) is 61.8 Å². The largest absolute Gasteiger partial charge is 0.458 e. The van der Waals surface area contributed by atoms with Gasteiger partial charge in [0, 0.05) is 17.6 Å². The van der Waals surface area contributed by atoms with Crippen LogP contribution >= 0.6 is 0 Å². The van der Waals surface area contributed by atoms with Crippen LogP contribution in [0.5, 0.6) is 0 Å². The zero-order valence-electron chi connectivity index (χ0n) is 14.7. The van der Waals surface area contributed by atoms with E-state index in [1.54, 1.807) is 13.0 Å². The van der Waals surface area contributed by atoms with E-state index in [2.05, 4.69) is 6.92 Å². The van der Waals surface area contributed by atoms with E-state index in [1.807, 2.05) is 0 Å². The number of ether oxygens (including phenoxy) is 3. The van der Waals surface area contributed by atoms with Gasteiger partial charge in [-0.25, -0.2) is 9.59 Å². The van der Waals surface area contributed by atoms with E-state index in [1.165, 1.54) is 23.8 Å². The van der Waals surface area contributed by atoms with E-state index in [0.29, 0.717) is 17.1 Å². The van der Waals surface area contributed by atoms with Crippen LogP contribution in [0.3, 0.4) is 0 Å². The molecule has 4 aliphatic rings. The molecule has 1 saturated heterocycles. The molecule has 1 fully saturated rings. The lowest BCUT2D eigenvalue weighted by molar-refractivity contribution is -0.152. The standard InChI is InChI=1S/C20H24O5/c1-11-5-3-6-13-7-4-8-14-15(20(22)25-18(14)17(11)13)10-23-16-9-12(2)19(21)24-16/h9-11,14,16,18H,3-8H2,1-2H3/b15-10+. The SMILES string of the molecule is CC1=CC(O/C=C2/C(=O)OC3C4=C(CCCC4C)CCCC23)OC1=O. The molecule has 0 aromatic carbocycles. The molecule has 0 aromatic heterocycles. The third-order valence-corrected chi connectivity index (χ3v) is 5.85. The number of carbonyl (C=O) groups excluding carboxylic acids is 2. The average Bonchev–Trinajstić information content (AvgIpc) is 2.97. The molecule has 5 heteroatoms. The highest BCUT2D eigenvalue weighted by atomic mass is 16.7. The molecule has 0 radical (unpaired) electrons. The molecule has 2 heterocycles. The van der Waals surface area contributed by atoms with E-state index < -0.39 is 6.29 Å². The number of cyclic esters (lactones) is 1. The van der Waals surface area contributed by atoms with Gasteiger partial charge in [-0.3, -0.25) is 0 Å². The van der Waals surface area contributed by atoms with Gasteiger partial charge in [-0.15, -0.1) is 0 Å². The summed E-state index contributed by atoms with van der Waals surface area (Å²) in [4.78, 5) is 23.9. The molecule has 2 aliphatic heterocycles. The van der Waals surface area contributed by atoms with Crippen molar-refractivity contribution in [3.63, 3.8) is 0 Å². The zero-order valence-corrected chi connectivity index (χ0v) is 14.7. The van der Waals surface area contributed by atoms with Crippen molar-refractivity contribution in [2.45, 2.75) is 64.8 Å². The van der Waals surface area contributed by atoms with Crippen LogP contribution in [0, 0.1) is 11.8 Å². The molecule has 25 heavy (non-hydrogen) atoms. The maximum atomic E-state index is 12.5. The fraction of sp³-hybridized carbons (Fsp3) is 0.600. The van der Waals surface area contributed by atoms with Crippen molar-refractivity contribution in [1.82, 2.24) is 0 Å². The predicted molar refractivity (Wildman–Crippen MR) is 90.1 cm³/mol. The van der Waals surface area contributed by atoms with Crippen LogP contribution in [0.1, 0.15) is 52.4 Å². The summed E-state index contributed by atoms with van der Waals surface area (Å²) >= 11 is 0. The molecule has 0 aromatic rings. The Morgan fingerprint density at radius 1 is 1.12 bits per heavy atom. The molecule has 4 atom stereocenters. The van der Waals surface area contributed by atoms with Crippen molar-refractivity contribution in [3.8, 4) is 0 Å². The molecule has 2 aliphatic carbocycles. The van der Waals surface area contributed by atoms with E-state index in [-0.39, 0.29) is 24.0 Å². The number of esters is 2. The molecule has 5 nitrogen and oxygen atoms in total. The Kier molecular flexibility index (Phi) is 4.18. The van der Waals surface area contributed by atoms with Gasteiger partial charge >= 0.3 is 11.9 Å². The van der Waals surface area contributed by atoms with E-state index >= 15 is 0 Å². The first-order valence-corrected chi connectivity index (χ1v) is 9.22. The summed E-state index contributed by atoms with van der Waals surface area (Å²) in [5, 5.41) is 0. The Bertz CT molecular complexity index is 699.